The van der Waals surface area contributed by atoms with Crippen molar-refractivity contribution in [2.75, 3.05) is 0 Å². The molecule has 0 bridgehead atoms. The van der Waals surface area contributed by atoms with Crippen molar-refractivity contribution in [3.63, 3.8) is 0 Å². The average Bonchev–Trinajstić information content (AvgIpc) is 2.68. The summed E-state index contributed by atoms with van der Waals surface area (Å²) in [6.07, 6.45) is 18.9. The van der Waals surface area contributed by atoms with Crippen LogP contribution in [0.3, 0.4) is 0 Å². The molecular formula is C26H40. The van der Waals surface area contributed by atoms with Gasteiger partial charge < -0.3 is 0 Å². The Bertz CT molecular complexity index is 586. The third kappa shape index (κ3) is 4.05. The molecule has 0 heteroatoms. The fourth-order valence-electron chi connectivity index (χ4n) is 6.80. The maximum atomic E-state index is 2.53. The van der Waals surface area contributed by atoms with Gasteiger partial charge in [-0.15, -0.1) is 0 Å². The predicted octanol–water partition coefficient (Wildman–Crippen LogP) is 7.38. The zero-order valence-corrected chi connectivity index (χ0v) is 17.3. The minimum atomic E-state index is 0.980. The first-order valence-corrected chi connectivity index (χ1v) is 11.9. The molecule has 0 saturated heterocycles. The highest BCUT2D eigenvalue weighted by molar-refractivity contribution is 5.34. The van der Waals surface area contributed by atoms with Gasteiger partial charge in [-0.1, -0.05) is 57.7 Å². The Morgan fingerprint density at radius 2 is 1.54 bits per heavy atom. The van der Waals surface area contributed by atoms with Gasteiger partial charge in [0.2, 0.25) is 0 Å². The molecule has 0 aliphatic heterocycles. The smallest absolute Gasteiger partial charge is 0.0245 e. The van der Waals surface area contributed by atoms with Gasteiger partial charge in [0, 0.05) is 0 Å². The number of benzene rings is 1. The first-order chi connectivity index (χ1) is 12.8. The van der Waals surface area contributed by atoms with Gasteiger partial charge >= 0.3 is 0 Å². The highest BCUT2D eigenvalue weighted by atomic mass is 14.4. The number of aryl methyl sites for hydroxylation is 2. The van der Waals surface area contributed by atoms with Gasteiger partial charge in [-0.3, -0.25) is 0 Å². The Labute approximate surface area is 162 Å². The maximum absolute atomic E-state index is 2.53. The van der Waals surface area contributed by atoms with Crippen molar-refractivity contribution in [2.24, 2.45) is 29.6 Å². The van der Waals surface area contributed by atoms with Crippen molar-refractivity contribution in [1.82, 2.24) is 0 Å². The van der Waals surface area contributed by atoms with Crippen molar-refractivity contribution < 1.29 is 0 Å². The number of fused-ring (bicyclic) bond motifs is 2. The van der Waals surface area contributed by atoms with Crippen LogP contribution < -0.4 is 0 Å². The Morgan fingerprint density at radius 1 is 0.769 bits per heavy atom. The van der Waals surface area contributed by atoms with Crippen molar-refractivity contribution in [3.8, 4) is 0 Å². The standard InChI is InChI=1S/C26H40/c1-3-5-19-7-9-23-17-25(13-11-21(23)15-19)26-14-12-22-16-20(6-4-2)8-10-24(22)18-26/h7,9,15,20,22,24-26H,3-6,8,10-14,16-18H2,1-2H3. The van der Waals surface area contributed by atoms with E-state index in [1.807, 2.05) is 0 Å². The maximum Gasteiger partial charge on any atom is -0.0245 e. The zero-order chi connectivity index (χ0) is 17.9. The van der Waals surface area contributed by atoms with Crippen LogP contribution in [0.2, 0.25) is 0 Å². The van der Waals surface area contributed by atoms with Crippen molar-refractivity contribution in [3.05, 3.63) is 34.9 Å². The summed E-state index contributed by atoms with van der Waals surface area (Å²) in [5, 5.41) is 0. The molecule has 0 nitrogen and oxygen atoms in total. The van der Waals surface area contributed by atoms with Crippen molar-refractivity contribution in [1.29, 1.82) is 0 Å². The molecule has 0 spiro atoms. The lowest BCUT2D eigenvalue weighted by atomic mass is 9.61. The second kappa shape index (κ2) is 8.49. The molecule has 1 aromatic carbocycles. The molecule has 144 valence electrons. The van der Waals surface area contributed by atoms with Crippen LogP contribution >= 0.6 is 0 Å². The van der Waals surface area contributed by atoms with Crippen LogP contribution in [0.4, 0.5) is 0 Å². The van der Waals surface area contributed by atoms with Crippen LogP contribution in [0.5, 0.6) is 0 Å². The molecule has 26 heavy (non-hydrogen) atoms. The molecule has 0 amide bonds. The summed E-state index contributed by atoms with van der Waals surface area (Å²) in [7, 11) is 0. The van der Waals surface area contributed by atoms with E-state index in [1.54, 1.807) is 42.4 Å². The largest absolute Gasteiger partial charge is 0.0654 e. The van der Waals surface area contributed by atoms with Gasteiger partial charge in [-0.25, -0.2) is 0 Å². The van der Waals surface area contributed by atoms with Crippen LogP contribution in [0.1, 0.15) is 94.7 Å². The third-order valence-corrected chi connectivity index (χ3v) is 8.20. The Hall–Kier alpha value is -0.780. The predicted molar refractivity (Wildman–Crippen MR) is 113 cm³/mol. The fourth-order valence-corrected chi connectivity index (χ4v) is 6.80. The molecule has 0 heterocycles. The molecule has 3 aliphatic rings. The van der Waals surface area contributed by atoms with Gasteiger partial charge in [0.1, 0.15) is 0 Å². The normalized spacial score (nSPS) is 34.2. The molecule has 0 N–H and O–H groups in total. The Kier molecular flexibility index (Phi) is 6.07. The summed E-state index contributed by atoms with van der Waals surface area (Å²) in [4.78, 5) is 0. The molecule has 1 aromatic rings. The first kappa shape index (κ1) is 18.6. The molecule has 5 atom stereocenters. The molecular weight excluding hydrogens is 312 g/mol. The Balaban J connectivity index is 1.35. The van der Waals surface area contributed by atoms with E-state index in [-0.39, 0.29) is 0 Å². The van der Waals surface area contributed by atoms with Gasteiger partial charge in [-0.2, -0.15) is 0 Å². The summed E-state index contributed by atoms with van der Waals surface area (Å²) in [5.74, 6) is 5.24. The summed E-state index contributed by atoms with van der Waals surface area (Å²) in [6, 6.07) is 7.42. The number of hydrogen-bond acceptors (Lipinski definition) is 0. The average molecular weight is 353 g/mol. The number of hydrogen-bond donors (Lipinski definition) is 0. The van der Waals surface area contributed by atoms with Crippen molar-refractivity contribution in [2.45, 2.75) is 97.3 Å². The van der Waals surface area contributed by atoms with E-state index in [2.05, 4.69) is 32.0 Å². The Morgan fingerprint density at radius 3 is 2.35 bits per heavy atom. The van der Waals surface area contributed by atoms with E-state index < -0.39 is 0 Å². The van der Waals surface area contributed by atoms with Crippen LogP contribution in [0, 0.1) is 29.6 Å². The second-order valence-corrected chi connectivity index (χ2v) is 9.92. The van der Waals surface area contributed by atoms with E-state index in [9.17, 15) is 0 Å². The van der Waals surface area contributed by atoms with E-state index in [0.717, 1.165) is 29.6 Å². The first-order valence-electron chi connectivity index (χ1n) is 11.9. The lowest BCUT2D eigenvalue weighted by molar-refractivity contribution is 0.0695. The fraction of sp³-hybridized carbons (Fsp3) is 0.769. The lowest BCUT2D eigenvalue weighted by Crippen LogP contribution is -2.35. The summed E-state index contributed by atoms with van der Waals surface area (Å²) in [5.41, 5.74) is 4.94. The van der Waals surface area contributed by atoms with Gasteiger partial charge in [0.25, 0.3) is 0 Å². The lowest BCUT2D eigenvalue weighted by Gasteiger charge is -2.45. The monoisotopic (exact) mass is 352 g/mol. The highest BCUT2D eigenvalue weighted by Crippen LogP contribution is 2.49. The summed E-state index contributed by atoms with van der Waals surface area (Å²) < 4.78 is 0. The van der Waals surface area contributed by atoms with Crippen molar-refractivity contribution >= 4 is 0 Å². The van der Waals surface area contributed by atoms with E-state index in [0.29, 0.717) is 0 Å². The molecule has 0 radical (unpaired) electrons. The summed E-state index contributed by atoms with van der Waals surface area (Å²) >= 11 is 0. The molecule has 0 aromatic heterocycles. The second-order valence-electron chi connectivity index (χ2n) is 9.92. The molecule has 2 saturated carbocycles. The zero-order valence-electron chi connectivity index (χ0n) is 17.3. The highest BCUT2D eigenvalue weighted by Gasteiger charge is 2.38. The molecule has 5 unspecified atom stereocenters. The third-order valence-electron chi connectivity index (χ3n) is 8.20. The van der Waals surface area contributed by atoms with E-state index >= 15 is 0 Å². The van der Waals surface area contributed by atoms with E-state index in [4.69, 9.17) is 0 Å². The van der Waals surface area contributed by atoms with Gasteiger partial charge in [-0.05, 0) is 104 Å². The SMILES string of the molecule is CCCc1ccc2c(c1)CCC(C1CCC3CC(CCC)CCC3C1)C2. The van der Waals surface area contributed by atoms with Crippen LogP contribution in [-0.2, 0) is 19.3 Å². The van der Waals surface area contributed by atoms with Crippen LogP contribution in [0.25, 0.3) is 0 Å². The topological polar surface area (TPSA) is 0 Å². The molecule has 4 rings (SSSR count). The van der Waals surface area contributed by atoms with E-state index in [1.165, 1.54) is 57.8 Å². The minimum absolute atomic E-state index is 0.980. The van der Waals surface area contributed by atoms with Crippen LogP contribution in [-0.4, -0.2) is 0 Å². The number of rotatable bonds is 5. The van der Waals surface area contributed by atoms with Gasteiger partial charge in [0.05, 0.1) is 0 Å². The summed E-state index contributed by atoms with van der Waals surface area (Å²) in [6.45, 7) is 4.66. The minimum Gasteiger partial charge on any atom is -0.0654 e. The quantitative estimate of drug-likeness (QED) is 0.518. The molecule has 2 fully saturated rings. The molecule has 3 aliphatic carbocycles. The van der Waals surface area contributed by atoms with Gasteiger partial charge in [0.15, 0.2) is 0 Å². The van der Waals surface area contributed by atoms with Crippen LogP contribution in [0.15, 0.2) is 18.2 Å².